The van der Waals surface area contributed by atoms with Crippen LogP contribution in [0.25, 0.3) is 0 Å². The summed E-state index contributed by atoms with van der Waals surface area (Å²) in [4.78, 5) is 0.234. The van der Waals surface area contributed by atoms with Crippen molar-refractivity contribution in [2.24, 2.45) is 0 Å². The van der Waals surface area contributed by atoms with Crippen LogP contribution in [-0.2, 0) is 14.3 Å². The molecule has 0 aromatic heterocycles. The van der Waals surface area contributed by atoms with Crippen LogP contribution >= 0.6 is 0 Å². The van der Waals surface area contributed by atoms with Gasteiger partial charge in [-0.2, -0.15) is 8.42 Å². The normalized spacial score (nSPS) is 13.6. The van der Waals surface area contributed by atoms with Crippen LogP contribution in [0.5, 0.6) is 0 Å². The van der Waals surface area contributed by atoms with Crippen LogP contribution in [0.4, 0.5) is 0 Å². The van der Waals surface area contributed by atoms with Crippen LogP contribution in [-0.4, -0.2) is 14.5 Å². The maximum atomic E-state index is 12.0. The molecule has 96 valence electrons. The Balaban J connectivity index is 2.84. The minimum absolute atomic E-state index is 0.216. The van der Waals surface area contributed by atoms with Crippen molar-refractivity contribution in [2.75, 3.05) is 0 Å². The first-order valence-electron chi connectivity index (χ1n) is 5.99. The van der Waals surface area contributed by atoms with E-state index in [9.17, 15) is 8.42 Å². The number of rotatable bonds is 6. The molecule has 0 spiro atoms. The van der Waals surface area contributed by atoms with Gasteiger partial charge in [-0.15, -0.1) is 0 Å². The molecule has 0 saturated heterocycles. The van der Waals surface area contributed by atoms with E-state index in [1.807, 2.05) is 20.8 Å². The summed E-state index contributed by atoms with van der Waals surface area (Å²) in [7, 11) is -3.61. The molecule has 0 heterocycles. The van der Waals surface area contributed by atoms with Gasteiger partial charge in [-0.1, -0.05) is 38.0 Å². The number of hydrogen-bond donors (Lipinski definition) is 0. The summed E-state index contributed by atoms with van der Waals surface area (Å²) in [6.07, 6.45) is 2.17. The van der Waals surface area contributed by atoms with E-state index in [0.717, 1.165) is 18.4 Å². The molecule has 0 saturated carbocycles. The van der Waals surface area contributed by atoms with E-state index in [4.69, 9.17) is 4.18 Å². The van der Waals surface area contributed by atoms with Crippen molar-refractivity contribution in [1.29, 1.82) is 0 Å². The lowest BCUT2D eigenvalue weighted by molar-refractivity contribution is 0.193. The first-order valence-corrected chi connectivity index (χ1v) is 7.40. The van der Waals surface area contributed by atoms with Gasteiger partial charge in [0.15, 0.2) is 0 Å². The molecule has 3 nitrogen and oxygen atoms in total. The molecule has 0 aliphatic rings. The first kappa shape index (κ1) is 14.2. The van der Waals surface area contributed by atoms with Crippen molar-refractivity contribution >= 4 is 10.1 Å². The fraction of sp³-hybridized carbons (Fsp3) is 0.538. The predicted octanol–water partition coefficient (Wildman–Crippen LogP) is 3.28. The maximum absolute atomic E-state index is 12.0. The standard InChI is InChI=1S/C13H20O3S/c1-4-6-12(5-2)16-17(14,15)13-9-7-11(3)8-10-13/h7-10,12H,4-6H2,1-3H3. The zero-order chi connectivity index (χ0) is 12.9. The quantitative estimate of drug-likeness (QED) is 0.734. The summed E-state index contributed by atoms with van der Waals surface area (Å²) >= 11 is 0. The Morgan fingerprint density at radius 2 is 1.76 bits per heavy atom. The van der Waals surface area contributed by atoms with Gasteiger partial charge in [-0.3, -0.25) is 4.18 Å². The topological polar surface area (TPSA) is 43.4 Å². The smallest absolute Gasteiger partial charge is 0.263 e. The summed E-state index contributed by atoms with van der Waals surface area (Å²) in [6, 6.07) is 6.72. The SMILES string of the molecule is CCCC(CC)OS(=O)(=O)c1ccc(C)cc1. The Morgan fingerprint density at radius 3 is 2.24 bits per heavy atom. The molecule has 0 aliphatic carbocycles. The highest BCUT2D eigenvalue weighted by Crippen LogP contribution is 2.18. The molecule has 0 amide bonds. The Kier molecular flexibility index (Phi) is 5.15. The van der Waals surface area contributed by atoms with Crippen molar-refractivity contribution in [2.45, 2.75) is 51.0 Å². The minimum Gasteiger partial charge on any atom is -0.263 e. The lowest BCUT2D eigenvalue weighted by atomic mass is 10.2. The van der Waals surface area contributed by atoms with Crippen LogP contribution in [0.3, 0.4) is 0 Å². The minimum atomic E-state index is -3.61. The van der Waals surface area contributed by atoms with Crippen LogP contribution in [0.1, 0.15) is 38.7 Å². The fourth-order valence-electron chi connectivity index (χ4n) is 1.58. The average molecular weight is 256 g/mol. The third kappa shape index (κ3) is 4.13. The molecule has 4 heteroatoms. The Bertz CT molecular complexity index is 434. The van der Waals surface area contributed by atoms with E-state index in [2.05, 4.69) is 0 Å². The molecule has 1 aromatic carbocycles. The van der Waals surface area contributed by atoms with Crippen LogP contribution in [0.2, 0.25) is 0 Å². The van der Waals surface area contributed by atoms with Gasteiger partial charge < -0.3 is 0 Å². The summed E-state index contributed by atoms with van der Waals surface area (Å²) in [5, 5.41) is 0. The highest BCUT2D eigenvalue weighted by Gasteiger charge is 2.19. The number of aryl methyl sites for hydroxylation is 1. The molecule has 1 aromatic rings. The van der Waals surface area contributed by atoms with Crippen LogP contribution in [0, 0.1) is 6.92 Å². The third-order valence-corrected chi connectivity index (χ3v) is 4.01. The largest absolute Gasteiger partial charge is 0.297 e. The zero-order valence-corrected chi connectivity index (χ0v) is 11.5. The Hall–Kier alpha value is -0.870. The molecule has 17 heavy (non-hydrogen) atoms. The molecular weight excluding hydrogens is 236 g/mol. The molecule has 0 aliphatic heterocycles. The Morgan fingerprint density at radius 1 is 1.18 bits per heavy atom. The average Bonchev–Trinajstić information content (AvgIpc) is 2.28. The predicted molar refractivity (Wildman–Crippen MR) is 68.4 cm³/mol. The number of hydrogen-bond acceptors (Lipinski definition) is 3. The van der Waals surface area contributed by atoms with Gasteiger partial charge >= 0.3 is 0 Å². The molecular formula is C13H20O3S. The first-order chi connectivity index (χ1) is 7.99. The van der Waals surface area contributed by atoms with Crippen LogP contribution in [0.15, 0.2) is 29.2 Å². The lowest BCUT2D eigenvalue weighted by Gasteiger charge is -2.14. The van der Waals surface area contributed by atoms with Gasteiger partial charge in [0.05, 0.1) is 11.0 Å². The Labute approximate surface area is 104 Å². The van der Waals surface area contributed by atoms with Crippen molar-refractivity contribution in [3.8, 4) is 0 Å². The highest BCUT2D eigenvalue weighted by atomic mass is 32.2. The molecule has 1 unspecified atom stereocenters. The molecule has 0 bridgehead atoms. The molecule has 1 rings (SSSR count). The molecule has 0 fully saturated rings. The summed E-state index contributed by atoms with van der Waals surface area (Å²) < 4.78 is 29.2. The second-order valence-electron chi connectivity index (χ2n) is 4.18. The maximum Gasteiger partial charge on any atom is 0.297 e. The summed E-state index contributed by atoms with van der Waals surface area (Å²) in [5.74, 6) is 0. The summed E-state index contributed by atoms with van der Waals surface area (Å²) in [5.41, 5.74) is 1.03. The third-order valence-electron chi connectivity index (χ3n) is 2.64. The van der Waals surface area contributed by atoms with E-state index >= 15 is 0 Å². The van der Waals surface area contributed by atoms with Gasteiger partial charge in [0.2, 0.25) is 0 Å². The fourth-order valence-corrected chi connectivity index (χ4v) is 2.75. The van der Waals surface area contributed by atoms with Crippen molar-refractivity contribution in [3.63, 3.8) is 0 Å². The lowest BCUT2D eigenvalue weighted by Crippen LogP contribution is -2.17. The van der Waals surface area contributed by atoms with E-state index in [-0.39, 0.29) is 11.0 Å². The second kappa shape index (κ2) is 6.17. The zero-order valence-electron chi connectivity index (χ0n) is 10.6. The molecule has 0 radical (unpaired) electrons. The van der Waals surface area contributed by atoms with Crippen molar-refractivity contribution in [1.82, 2.24) is 0 Å². The van der Waals surface area contributed by atoms with E-state index in [0.29, 0.717) is 6.42 Å². The van der Waals surface area contributed by atoms with Crippen LogP contribution < -0.4 is 0 Å². The van der Waals surface area contributed by atoms with Gasteiger partial charge in [0, 0.05) is 0 Å². The number of benzene rings is 1. The van der Waals surface area contributed by atoms with E-state index in [1.165, 1.54) is 0 Å². The van der Waals surface area contributed by atoms with E-state index in [1.54, 1.807) is 24.3 Å². The highest BCUT2D eigenvalue weighted by molar-refractivity contribution is 7.86. The van der Waals surface area contributed by atoms with E-state index < -0.39 is 10.1 Å². The van der Waals surface area contributed by atoms with Gasteiger partial charge in [0.25, 0.3) is 10.1 Å². The monoisotopic (exact) mass is 256 g/mol. The second-order valence-corrected chi connectivity index (χ2v) is 5.75. The van der Waals surface area contributed by atoms with Crippen molar-refractivity contribution < 1.29 is 12.6 Å². The summed E-state index contributed by atoms with van der Waals surface area (Å²) in [6.45, 7) is 5.87. The molecule has 1 atom stereocenters. The van der Waals surface area contributed by atoms with Gasteiger partial charge in [-0.25, -0.2) is 0 Å². The molecule has 0 N–H and O–H groups in total. The van der Waals surface area contributed by atoms with Gasteiger partial charge in [-0.05, 0) is 31.9 Å². The van der Waals surface area contributed by atoms with Crippen molar-refractivity contribution in [3.05, 3.63) is 29.8 Å². The van der Waals surface area contributed by atoms with Gasteiger partial charge in [0.1, 0.15) is 0 Å².